The lowest BCUT2D eigenvalue weighted by molar-refractivity contribution is 0.168. The fourth-order valence-corrected chi connectivity index (χ4v) is 4.93. The van der Waals surface area contributed by atoms with Crippen LogP contribution in [0.25, 0.3) is 10.9 Å². The molecule has 11 heteroatoms. The van der Waals surface area contributed by atoms with E-state index in [2.05, 4.69) is 32.3 Å². The SMILES string of the molecule is CCC(C)(C)n1nnnc1[C@@H](c1cc2cc3c(cc2[nH]c1=O)OCO3)N(Cc1ccc(F)cc1)Cc1ccco1. The molecule has 206 valence electrons. The van der Waals surface area contributed by atoms with Crippen molar-refractivity contribution in [2.75, 3.05) is 6.79 Å². The summed E-state index contributed by atoms with van der Waals surface area (Å²) in [5.41, 5.74) is 1.21. The number of hydrogen-bond acceptors (Lipinski definition) is 8. The summed E-state index contributed by atoms with van der Waals surface area (Å²) in [6, 6.07) is 14.8. The van der Waals surface area contributed by atoms with E-state index in [1.165, 1.54) is 12.1 Å². The van der Waals surface area contributed by atoms with Crippen LogP contribution in [0.4, 0.5) is 4.39 Å². The minimum absolute atomic E-state index is 0.126. The van der Waals surface area contributed by atoms with Crippen molar-refractivity contribution in [3.63, 3.8) is 0 Å². The fourth-order valence-electron chi connectivity index (χ4n) is 4.93. The molecule has 0 radical (unpaired) electrons. The second-order valence-electron chi connectivity index (χ2n) is 10.5. The highest BCUT2D eigenvalue weighted by molar-refractivity contribution is 5.83. The largest absolute Gasteiger partial charge is 0.468 e. The van der Waals surface area contributed by atoms with Gasteiger partial charge in [0.25, 0.3) is 5.56 Å². The highest BCUT2D eigenvalue weighted by Crippen LogP contribution is 2.37. The van der Waals surface area contributed by atoms with Gasteiger partial charge in [0.1, 0.15) is 17.6 Å². The lowest BCUT2D eigenvalue weighted by atomic mass is 9.98. The minimum atomic E-state index is -0.686. The van der Waals surface area contributed by atoms with Gasteiger partial charge in [-0.25, -0.2) is 9.07 Å². The number of aromatic amines is 1. The molecule has 5 aromatic rings. The van der Waals surface area contributed by atoms with Crippen molar-refractivity contribution in [1.29, 1.82) is 0 Å². The number of furan rings is 1. The van der Waals surface area contributed by atoms with Crippen LogP contribution in [0.5, 0.6) is 11.5 Å². The van der Waals surface area contributed by atoms with E-state index in [1.807, 2.05) is 38.1 Å². The van der Waals surface area contributed by atoms with E-state index in [1.54, 1.807) is 29.1 Å². The third-order valence-electron chi connectivity index (χ3n) is 7.44. The number of halogens is 1. The number of hydrogen-bond donors (Lipinski definition) is 1. The van der Waals surface area contributed by atoms with E-state index in [-0.39, 0.29) is 18.2 Å². The second kappa shape index (κ2) is 10.2. The van der Waals surface area contributed by atoms with Crippen LogP contribution in [-0.2, 0) is 18.6 Å². The molecule has 0 spiro atoms. The maximum atomic E-state index is 13.8. The summed E-state index contributed by atoms with van der Waals surface area (Å²) in [7, 11) is 0. The predicted molar refractivity (Wildman–Crippen MR) is 144 cm³/mol. The molecule has 2 aromatic carbocycles. The number of fused-ring (bicyclic) bond motifs is 2. The Bertz CT molecular complexity index is 1690. The molecular formula is C29H29FN6O4. The second-order valence-corrected chi connectivity index (χ2v) is 10.5. The van der Waals surface area contributed by atoms with Gasteiger partial charge >= 0.3 is 0 Å². The predicted octanol–water partition coefficient (Wildman–Crippen LogP) is 4.91. The molecule has 0 amide bonds. The Labute approximate surface area is 229 Å². The average molecular weight is 545 g/mol. The normalized spacial score (nSPS) is 13.8. The van der Waals surface area contributed by atoms with Crippen LogP contribution in [-0.4, -0.2) is 36.9 Å². The number of tetrazole rings is 1. The van der Waals surface area contributed by atoms with Gasteiger partial charge in [0.15, 0.2) is 17.3 Å². The zero-order valence-electron chi connectivity index (χ0n) is 22.4. The lowest BCUT2D eigenvalue weighted by Crippen LogP contribution is -2.38. The summed E-state index contributed by atoms with van der Waals surface area (Å²) in [6.07, 6.45) is 2.36. The summed E-state index contributed by atoms with van der Waals surface area (Å²) < 4.78 is 32.4. The monoisotopic (exact) mass is 544 g/mol. The van der Waals surface area contributed by atoms with Gasteiger partial charge < -0.3 is 18.9 Å². The van der Waals surface area contributed by atoms with E-state index in [4.69, 9.17) is 13.9 Å². The van der Waals surface area contributed by atoms with E-state index in [9.17, 15) is 9.18 Å². The molecule has 0 bridgehead atoms. The van der Waals surface area contributed by atoms with Crippen LogP contribution in [0.15, 0.2) is 70.1 Å². The van der Waals surface area contributed by atoms with Crippen LogP contribution in [0.2, 0.25) is 0 Å². The molecule has 1 aliphatic rings. The van der Waals surface area contributed by atoms with Gasteiger partial charge in [-0.2, -0.15) is 0 Å². The molecule has 10 nitrogen and oxygen atoms in total. The van der Waals surface area contributed by atoms with Gasteiger partial charge in [0, 0.05) is 23.6 Å². The van der Waals surface area contributed by atoms with E-state index < -0.39 is 11.6 Å². The Hall–Kier alpha value is -4.51. The van der Waals surface area contributed by atoms with Crippen molar-refractivity contribution in [2.24, 2.45) is 0 Å². The Morgan fingerprint density at radius 1 is 1.10 bits per heavy atom. The molecule has 4 heterocycles. The molecule has 0 unspecified atom stereocenters. The molecule has 40 heavy (non-hydrogen) atoms. The highest BCUT2D eigenvalue weighted by Gasteiger charge is 2.35. The third-order valence-corrected chi connectivity index (χ3v) is 7.44. The number of ether oxygens (including phenoxy) is 2. The van der Waals surface area contributed by atoms with Crippen molar-refractivity contribution in [3.05, 3.63) is 99.7 Å². The van der Waals surface area contributed by atoms with Crippen molar-refractivity contribution < 1.29 is 18.3 Å². The van der Waals surface area contributed by atoms with Gasteiger partial charge in [-0.05, 0) is 72.7 Å². The van der Waals surface area contributed by atoms with E-state index >= 15 is 0 Å². The molecule has 0 saturated carbocycles. The van der Waals surface area contributed by atoms with Gasteiger partial charge in [-0.15, -0.1) is 5.10 Å². The molecule has 0 saturated heterocycles. The highest BCUT2D eigenvalue weighted by atomic mass is 19.1. The van der Waals surface area contributed by atoms with Gasteiger partial charge in [0.05, 0.1) is 23.9 Å². The number of H-pyrrole nitrogens is 1. The van der Waals surface area contributed by atoms with Crippen LogP contribution in [0.3, 0.4) is 0 Å². The number of nitrogens with one attached hydrogen (secondary N) is 1. The fraction of sp³-hybridized carbons (Fsp3) is 0.310. The first kappa shape index (κ1) is 25.8. The summed E-state index contributed by atoms with van der Waals surface area (Å²) in [5, 5.41) is 13.6. The first-order chi connectivity index (χ1) is 19.3. The summed E-state index contributed by atoms with van der Waals surface area (Å²) in [4.78, 5) is 18.9. The summed E-state index contributed by atoms with van der Waals surface area (Å²) >= 11 is 0. The maximum Gasteiger partial charge on any atom is 0.253 e. The zero-order valence-corrected chi connectivity index (χ0v) is 22.4. The smallest absolute Gasteiger partial charge is 0.253 e. The Balaban J connectivity index is 1.55. The van der Waals surface area contributed by atoms with Crippen LogP contribution in [0, 0.1) is 5.82 Å². The Morgan fingerprint density at radius 2 is 1.88 bits per heavy atom. The molecule has 0 fully saturated rings. The zero-order chi connectivity index (χ0) is 27.9. The minimum Gasteiger partial charge on any atom is -0.468 e. The van der Waals surface area contributed by atoms with Gasteiger partial charge in [-0.1, -0.05) is 19.1 Å². The average Bonchev–Trinajstić information content (AvgIpc) is 3.72. The number of aromatic nitrogens is 5. The van der Waals surface area contributed by atoms with Gasteiger partial charge in [-0.3, -0.25) is 9.69 Å². The van der Waals surface area contributed by atoms with E-state index in [0.29, 0.717) is 47.3 Å². The molecule has 1 N–H and O–H groups in total. The molecule has 1 aliphatic heterocycles. The van der Waals surface area contributed by atoms with Crippen molar-refractivity contribution in [2.45, 2.75) is 51.9 Å². The van der Waals surface area contributed by atoms with Gasteiger partial charge in [0.2, 0.25) is 6.79 Å². The van der Waals surface area contributed by atoms with Crippen LogP contribution in [0.1, 0.15) is 55.9 Å². The standard InChI is InChI=1S/C29H29FN6O4/c1-4-29(2,3)36-27(32-33-34-36)26(22-12-19-13-24-25(40-17-39-24)14-23(19)31-28(22)37)35(16-21-6-5-11-38-21)15-18-7-9-20(30)10-8-18/h5-14,26H,4,15-17H2,1-3H3,(H,31,37)/t26-/m1/s1. The first-order valence-corrected chi connectivity index (χ1v) is 13.1. The molecule has 6 rings (SSSR count). The quantitative estimate of drug-likeness (QED) is 0.279. The summed E-state index contributed by atoms with van der Waals surface area (Å²) in [6.45, 7) is 6.99. The topological polar surface area (TPSA) is 111 Å². The van der Waals surface area contributed by atoms with Crippen molar-refractivity contribution >= 4 is 10.9 Å². The Morgan fingerprint density at radius 3 is 2.60 bits per heavy atom. The molecule has 3 aromatic heterocycles. The molecule has 1 atom stereocenters. The third kappa shape index (κ3) is 4.84. The number of rotatable bonds is 9. The Kier molecular flexibility index (Phi) is 6.59. The van der Waals surface area contributed by atoms with E-state index in [0.717, 1.165) is 17.4 Å². The molecule has 0 aliphatic carbocycles. The van der Waals surface area contributed by atoms with Crippen LogP contribution < -0.4 is 15.0 Å². The first-order valence-electron chi connectivity index (χ1n) is 13.1. The summed E-state index contributed by atoms with van der Waals surface area (Å²) in [5.74, 6) is 2.07. The maximum absolute atomic E-state index is 13.8. The van der Waals surface area contributed by atoms with Crippen molar-refractivity contribution in [3.8, 4) is 11.5 Å². The lowest BCUT2D eigenvalue weighted by Gasteiger charge is -2.33. The number of nitrogens with zero attached hydrogens (tertiary/aromatic N) is 5. The van der Waals surface area contributed by atoms with Crippen LogP contribution >= 0.6 is 0 Å². The van der Waals surface area contributed by atoms with Crippen molar-refractivity contribution in [1.82, 2.24) is 30.1 Å². The molecular weight excluding hydrogens is 515 g/mol. The number of pyridine rings is 1. The number of benzene rings is 2.